The number of carbonyl (C=O) groups is 1. The Morgan fingerprint density at radius 1 is 1.47 bits per heavy atom. The molecule has 3 nitrogen and oxygen atoms in total. The van der Waals surface area contributed by atoms with Gasteiger partial charge in [0.05, 0.1) is 6.04 Å². The van der Waals surface area contributed by atoms with Crippen molar-refractivity contribution in [3.63, 3.8) is 0 Å². The van der Waals surface area contributed by atoms with Crippen LogP contribution in [0.4, 0.5) is 0 Å². The average Bonchev–Trinajstić information content (AvgIpc) is 2.23. The molecule has 0 aliphatic carbocycles. The lowest BCUT2D eigenvalue weighted by Gasteiger charge is -2.45. The van der Waals surface area contributed by atoms with E-state index in [0.29, 0.717) is 6.04 Å². The second kappa shape index (κ2) is 4.03. The van der Waals surface area contributed by atoms with Gasteiger partial charge in [-0.2, -0.15) is 0 Å². The SMILES string of the molecule is C[C@@H]1C[C@@H](C(N)=O)N1Cc1ccccc1. The van der Waals surface area contributed by atoms with E-state index in [1.165, 1.54) is 5.56 Å². The molecule has 15 heavy (non-hydrogen) atoms. The molecular weight excluding hydrogens is 188 g/mol. The molecule has 2 rings (SSSR count). The second-order valence-electron chi connectivity index (χ2n) is 4.16. The number of nitrogens with zero attached hydrogens (tertiary/aromatic N) is 1. The predicted molar refractivity (Wildman–Crippen MR) is 59.0 cm³/mol. The monoisotopic (exact) mass is 204 g/mol. The van der Waals surface area contributed by atoms with E-state index in [1.807, 2.05) is 18.2 Å². The van der Waals surface area contributed by atoms with Gasteiger partial charge in [0, 0.05) is 12.6 Å². The predicted octanol–water partition coefficient (Wildman–Crippen LogP) is 1.13. The highest BCUT2D eigenvalue weighted by Gasteiger charge is 2.38. The van der Waals surface area contributed by atoms with Gasteiger partial charge in [-0.3, -0.25) is 9.69 Å². The molecule has 0 aromatic heterocycles. The van der Waals surface area contributed by atoms with Crippen molar-refractivity contribution in [3.8, 4) is 0 Å². The highest BCUT2D eigenvalue weighted by molar-refractivity contribution is 5.81. The van der Waals surface area contributed by atoms with E-state index in [1.54, 1.807) is 0 Å². The molecule has 3 heteroatoms. The van der Waals surface area contributed by atoms with Gasteiger partial charge in [0.1, 0.15) is 0 Å². The number of benzene rings is 1. The Bertz CT molecular complexity index is 350. The van der Waals surface area contributed by atoms with E-state index < -0.39 is 0 Å². The summed E-state index contributed by atoms with van der Waals surface area (Å²) in [5.74, 6) is -0.205. The van der Waals surface area contributed by atoms with Crippen LogP contribution >= 0.6 is 0 Å². The number of hydrogen-bond donors (Lipinski definition) is 1. The smallest absolute Gasteiger partial charge is 0.234 e. The van der Waals surface area contributed by atoms with Crippen LogP contribution in [-0.4, -0.2) is 22.9 Å². The molecule has 80 valence electrons. The fourth-order valence-electron chi connectivity index (χ4n) is 2.10. The molecule has 2 atom stereocenters. The van der Waals surface area contributed by atoms with E-state index in [0.717, 1.165) is 13.0 Å². The average molecular weight is 204 g/mol. The number of likely N-dealkylation sites (tertiary alicyclic amines) is 1. The second-order valence-corrected chi connectivity index (χ2v) is 4.16. The maximum absolute atomic E-state index is 11.1. The van der Waals surface area contributed by atoms with Crippen molar-refractivity contribution < 1.29 is 4.79 Å². The Kier molecular flexibility index (Phi) is 2.73. The van der Waals surface area contributed by atoms with Gasteiger partial charge in [0.15, 0.2) is 0 Å². The largest absolute Gasteiger partial charge is 0.368 e. The minimum Gasteiger partial charge on any atom is -0.368 e. The summed E-state index contributed by atoms with van der Waals surface area (Å²) in [6, 6.07) is 10.6. The lowest BCUT2D eigenvalue weighted by molar-refractivity contribution is -0.131. The molecule has 0 saturated carbocycles. The molecule has 0 radical (unpaired) electrons. The van der Waals surface area contributed by atoms with Crippen LogP contribution in [0.5, 0.6) is 0 Å². The number of hydrogen-bond acceptors (Lipinski definition) is 2. The van der Waals surface area contributed by atoms with Crippen LogP contribution in [0.1, 0.15) is 18.9 Å². The van der Waals surface area contributed by atoms with Crippen molar-refractivity contribution in [2.24, 2.45) is 5.73 Å². The van der Waals surface area contributed by atoms with Gasteiger partial charge >= 0.3 is 0 Å². The summed E-state index contributed by atoms with van der Waals surface area (Å²) >= 11 is 0. The highest BCUT2D eigenvalue weighted by atomic mass is 16.1. The topological polar surface area (TPSA) is 46.3 Å². The normalized spacial score (nSPS) is 25.9. The van der Waals surface area contributed by atoms with Gasteiger partial charge in [-0.1, -0.05) is 30.3 Å². The number of carbonyl (C=O) groups excluding carboxylic acids is 1. The van der Waals surface area contributed by atoms with Crippen LogP contribution in [-0.2, 0) is 11.3 Å². The first kappa shape index (κ1) is 10.2. The summed E-state index contributed by atoms with van der Waals surface area (Å²) < 4.78 is 0. The molecule has 1 aliphatic rings. The summed E-state index contributed by atoms with van der Waals surface area (Å²) in [7, 11) is 0. The van der Waals surface area contributed by atoms with E-state index in [4.69, 9.17) is 5.73 Å². The molecule has 1 amide bonds. The number of rotatable bonds is 3. The van der Waals surface area contributed by atoms with Crippen molar-refractivity contribution in [1.82, 2.24) is 4.90 Å². The summed E-state index contributed by atoms with van der Waals surface area (Å²) in [6.45, 7) is 2.94. The Morgan fingerprint density at radius 3 is 2.67 bits per heavy atom. The molecule has 1 aromatic rings. The van der Waals surface area contributed by atoms with Crippen LogP contribution in [0, 0.1) is 0 Å². The van der Waals surface area contributed by atoms with E-state index in [9.17, 15) is 4.79 Å². The quantitative estimate of drug-likeness (QED) is 0.802. The highest BCUT2D eigenvalue weighted by Crippen LogP contribution is 2.27. The minimum absolute atomic E-state index is 0.0693. The first-order chi connectivity index (χ1) is 7.18. The fourth-order valence-corrected chi connectivity index (χ4v) is 2.10. The van der Waals surface area contributed by atoms with Crippen LogP contribution in [0.3, 0.4) is 0 Å². The zero-order valence-electron chi connectivity index (χ0n) is 8.89. The summed E-state index contributed by atoms with van der Waals surface area (Å²) in [6.07, 6.45) is 0.891. The van der Waals surface area contributed by atoms with Gasteiger partial charge in [-0.05, 0) is 18.9 Å². The molecular formula is C12H16N2O. The fraction of sp³-hybridized carbons (Fsp3) is 0.417. The molecule has 0 bridgehead atoms. The Morgan fingerprint density at radius 2 is 2.13 bits per heavy atom. The van der Waals surface area contributed by atoms with E-state index in [2.05, 4.69) is 24.0 Å². The molecule has 1 aliphatic heterocycles. The van der Waals surface area contributed by atoms with Crippen molar-refractivity contribution in [3.05, 3.63) is 35.9 Å². The van der Waals surface area contributed by atoms with Gasteiger partial charge in [0.2, 0.25) is 5.91 Å². The van der Waals surface area contributed by atoms with Crippen molar-refractivity contribution in [2.45, 2.75) is 32.0 Å². The lowest BCUT2D eigenvalue weighted by atomic mass is 9.93. The molecule has 0 spiro atoms. The van der Waals surface area contributed by atoms with Crippen molar-refractivity contribution in [1.29, 1.82) is 0 Å². The first-order valence-electron chi connectivity index (χ1n) is 5.27. The van der Waals surface area contributed by atoms with Crippen LogP contribution < -0.4 is 5.73 Å². The van der Waals surface area contributed by atoms with Crippen LogP contribution in [0.25, 0.3) is 0 Å². The minimum atomic E-state index is -0.205. The van der Waals surface area contributed by atoms with Gasteiger partial charge in [0.25, 0.3) is 0 Å². The van der Waals surface area contributed by atoms with Gasteiger partial charge < -0.3 is 5.73 Å². The molecule has 0 unspecified atom stereocenters. The third-order valence-electron chi connectivity index (χ3n) is 3.07. The number of nitrogens with two attached hydrogens (primary N) is 1. The van der Waals surface area contributed by atoms with E-state index >= 15 is 0 Å². The number of amides is 1. The molecule has 1 fully saturated rings. The zero-order valence-corrected chi connectivity index (χ0v) is 8.89. The molecule has 1 heterocycles. The molecule has 2 N–H and O–H groups in total. The first-order valence-corrected chi connectivity index (χ1v) is 5.27. The third-order valence-corrected chi connectivity index (χ3v) is 3.07. The standard InChI is InChI=1S/C12H16N2O/c1-9-7-11(12(13)15)14(9)8-10-5-3-2-4-6-10/h2-6,9,11H,7-8H2,1H3,(H2,13,15)/t9-,11+/m1/s1. The Balaban J connectivity index is 2.02. The van der Waals surface area contributed by atoms with Crippen molar-refractivity contribution in [2.75, 3.05) is 0 Å². The van der Waals surface area contributed by atoms with Crippen molar-refractivity contribution >= 4 is 5.91 Å². The van der Waals surface area contributed by atoms with Crippen LogP contribution in [0.15, 0.2) is 30.3 Å². The van der Waals surface area contributed by atoms with E-state index in [-0.39, 0.29) is 11.9 Å². The maximum Gasteiger partial charge on any atom is 0.234 e. The molecule has 1 saturated heterocycles. The Labute approximate surface area is 89.9 Å². The molecule has 1 aromatic carbocycles. The van der Waals surface area contributed by atoms with Crippen LogP contribution in [0.2, 0.25) is 0 Å². The zero-order chi connectivity index (χ0) is 10.8. The summed E-state index contributed by atoms with van der Waals surface area (Å²) in [5, 5.41) is 0. The summed E-state index contributed by atoms with van der Waals surface area (Å²) in [4.78, 5) is 13.3. The third kappa shape index (κ3) is 2.02. The summed E-state index contributed by atoms with van der Waals surface area (Å²) in [5.41, 5.74) is 6.56. The maximum atomic E-state index is 11.1. The number of primary amides is 1. The Hall–Kier alpha value is -1.35. The van der Waals surface area contributed by atoms with Gasteiger partial charge in [-0.15, -0.1) is 0 Å². The lowest BCUT2D eigenvalue weighted by Crippen LogP contribution is -2.59. The van der Waals surface area contributed by atoms with Gasteiger partial charge in [-0.25, -0.2) is 0 Å².